The summed E-state index contributed by atoms with van der Waals surface area (Å²) in [6, 6.07) is 23.3. The molecule has 4 aromatic rings. The molecule has 0 spiro atoms. The van der Waals surface area contributed by atoms with Crippen molar-refractivity contribution in [3.63, 3.8) is 0 Å². The molecule has 10 nitrogen and oxygen atoms in total. The van der Waals surface area contributed by atoms with Gasteiger partial charge in [-0.25, -0.2) is 13.1 Å². The molecule has 1 amide bonds. The lowest BCUT2D eigenvalue weighted by atomic mass is 10.0. The summed E-state index contributed by atoms with van der Waals surface area (Å²) in [4.78, 5) is 14.5. The van der Waals surface area contributed by atoms with E-state index >= 15 is 0 Å². The normalized spacial score (nSPS) is 14.6. The Kier molecular flexibility index (Phi) is 9.20. The number of fused-ring (bicyclic) bond motifs is 2. The third-order valence-electron chi connectivity index (χ3n) is 6.88. The van der Waals surface area contributed by atoms with Crippen molar-refractivity contribution >= 4 is 59.4 Å². The Balaban J connectivity index is 1.53. The zero-order valence-electron chi connectivity index (χ0n) is 24.1. The van der Waals surface area contributed by atoms with E-state index in [-0.39, 0.29) is 19.5 Å². The molecular formula is C31H32N3O7S3+. The van der Waals surface area contributed by atoms with E-state index in [1.165, 1.54) is 11.3 Å². The van der Waals surface area contributed by atoms with Gasteiger partial charge in [-0.3, -0.25) is 9.35 Å². The van der Waals surface area contributed by atoms with Crippen molar-refractivity contribution in [1.29, 1.82) is 0 Å². The molecule has 2 heterocycles. The Labute approximate surface area is 260 Å². The molecule has 5 rings (SSSR count). The van der Waals surface area contributed by atoms with Crippen LogP contribution in [0.15, 0.2) is 90.3 Å². The van der Waals surface area contributed by atoms with Gasteiger partial charge in [-0.05, 0) is 47.7 Å². The molecule has 1 aliphatic heterocycles. The summed E-state index contributed by atoms with van der Waals surface area (Å²) >= 11 is 1.47. The summed E-state index contributed by atoms with van der Waals surface area (Å²) in [5, 5.41) is 0.739. The number of hydrogen-bond acceptors (Lipinski definition) is 8. The van der Waals surface area contributed by atoms with Gasteiger partial charge in [0.2, 0.25) is 28.0 Å². The van der Waals surface area contributed by atoms with Crippen LogP contribution in [-0.2, 0) is 31.5 Å². The number of para-hydroxylation sites is 1. The zero-order chi connectivity index (χ0) is 31.5. The van der Waals surface area contributed by atoms with E-state index in [1.807, 2.05) is 101 Å². The predicted molar refractivity (Wildman–Crippen MR) is 172 cm³/mol. The van der Waals surface area contributed by atoms with Gasteiger partial charge in [0, 0.05) is 24.8 Å². The van der Waals surface area contributed by atoms with Crippen LogP contribution in [0, 0.1) is 0 Å². The van der Waals surface area contributed by atoms with E-state index in [2.05, 4.69) is 0 Å². The average Bonchev–Trinajstić information content (AvgIpc) is 3.48. The number of ether oxygens (including phenoxy) is 1. The van der Waals surface area contributed by atoms with Gasteiger partial charge in [0.1, 0.15) is 4.70 Å². The SMILES string of the molecule is CCC(/C=C1\Oc2ccc(-c3ccccc3)cc2N1CCCS(=O)(=O)O)=C\c1sc2ccccc2[n+]1CC(=O)NS(C)(=O)=O. The first-order valence-electron chi connectivity index (χ1n) is 13.8. The Morgan fingerprint density at radius 1 is 1.02 bits per heavy atom. The molecular weight excluding hydrogens is 623 g/mol. The maximum absolute atomic E-state index is 12.6. The molecule has 13 heteroatoms. The minimum atomic E-state index is -4.14. The van der Waals surface area contributed by atoms with E-state index in [0.717, 1.165) is 43.9 Å². The minimum Gasteiger partial charge on any atom is -0.439 e. The number of allylic oxidation sites excluding steroid dienone is 2. The zero-order valence-corrected chi connectivity index (χ0v) is 26.6. The number of carbonyl (C=O) groups excluding carboxylic acids is 1. The fourth-order valence-corrected chi connectivity index (χ4v) is 7.03. The van der Waals surface area contributed by atoms with Crippen LogP contribution in [0.5, 0.6) is 5.75 Å². The molecule has 0 bridgehead atoms. The van der Waals surface area contributed by atoms with E-state index in [9.17, 15) is 26.2 Å². The topological polar surface area (TPSA) is 134 Å². The van der Waals surface area contributed by atoms with Crippen LogP contribution in [0.2, 0.25) is 0 Å². The minimum absolute atomic E-state index is 0.172. The van der Waals surface area contributed by atoms with E-state index in [4.69, 9.17) is 4.74 Å². The Morgan fingerprint density at radius 3 is 2.45 bits per heavy atom. The van der Waals surface area contributed by atoms with Crippen LogP contribution < -0.4 is 18.9 Å². The van der Waals surface area contributed by atoms with Crippen LogP contribution in [0.4, 0.5) is 5.69 Å². The highest BCUT2D eigenvalue weighted by molar-refractivity contribution is 7.89. The average molecular weight is 655 g/mol. The van der Waals surface area contributed by atoms with Crippen LogP contribution in [0.25, 0.3) is 27.4 Å². The first-order valence-corrected chi connectivity index (χ1v) is 18.2. The van der Waals surface area contributed by atoms with Gasteiger partial charge in [-0.2, -0.15) is 13.0 Å². The summed E-state index contributed by atoms with van der Waals surface area (Å²) < 4.78 is 66.6. The number of benzene rings is 3. The second kappa shape index (κ2) is 12.9. The lowest BCUT2D eigenvalue weighted by molar-refractivity contribution is -0.655. The second-order valence-corrected chi connectivity index (χ2v) is 14.7. The molecule has 3 aromatic carbocycles. The van der Waals surface area contributed by atoms with Gasteiger partial charge >= 0.3 is 0 Å². The predicted octanol–water partition coefficient (Wildman–Crippen LogP) is 4.74. The fraction of sp³-hybridized carbons (Fsp3) is 0.226. The number of aromatic nitrogens is 1. The monoisotopic (exact) mass is 654 g/mol. The van der Waals surface area contributed by atoms with Crippen molar-refractivity contribution in [2.24, 2.45) is 0 Å². The van der Waals surface area contributed by atoms with Crippen LogP contribution in [0.3, 0.4) is 0 Å². The highest BCUT2D eigenvalue weighted by Crippen LogP contribution is 2.42. The van der Waals surface area contributed by atoms with Gasteiger partial charge in [-0.1, -0.05) is 66.8 Å². The number of rotatable bonds is 11. The van der Waals surface area contributed by atoms with E-state index in [1.54, 1.807) is 4.57 Å². The Morgan fingerprint density at radius 2 is 1.75 bits per heavy atom. The number of nitrogens with zero attached hydrogens (tertiary/aromatic N) is 2. The van der Waals surface area contributed by atoms with Gasteiger partial charge in [0.25, 0.3) is 21.0 Å². The highest BCUT2D eigenvalue weighted by atomic mass is 32.2. The summed E-state index contributed by atoms with van der Waals surface area (Å²) in [5.41, 5.74) is 4.42. The largest absolute Gasteiger partial charge is 0.439 e. The Hall–Kier alpha value is -4.04. The van der Waals surface area contributed by atoms with Crippen molar-refractivity contribution in [2.75, 3.05) is 23.5 Å². The number of amides is 1. The molecule has 44 heavy (non-hydrogen) atoms. The van der Waals surface area contributed by atoms with Gasteiger partial charge < -0.3 is 9.64 Å². The van der Waals surface area contributed by atoms with Crippen molar-refractivity contribution in [1.82, 2.24) is 4.72 Å². The number of anilines is 1. The molecule has 0 radical (unpaired) electrons. The summed E-state index contributed by atoms with van der Waals surface area (Å²) in [7, 11) is -7.86. The van der Waals surface area contributed by atoms with Crippen molar-refractivity contribution in [2.45, 2.75) is 26.3 Å². The highest BCUT2D eigenvalue weighted by Gasteiger charge is 2.28. The third-order valence-corrected chi connectivity index (χ3v) is 9.40. The molecule has 0 saturated heterocycles. The van der Waals surface area contributed by atoms with Crippen LogP contribution in [-0.4, -0.2) is 45.8 Å². The summed E-state index contributed by atoms with van der Waals surface area (Å²) in [5.74, 6) is 0.0721. The number of nitrogens with one attached hydrogen (secondary N) is 1. The molecule has 0 atom stereocenters. The van der Waals surface area contributed by atoms with E-state index < -0.39 is 31.8 Å². The molecule has 0 saturated carbocycles. The van der Waals surface area contributed by atoms with Gasteiger partial charge in [0.15, 0.2) is 5.75 Å². The fourth-order valence-electron chi connectivity index (χ4n) is 4.92. The quantitative estimate of drug-likeness (QED) is 0.175. The first-order chi connectivity index (χ1) is 20.9. The van der Waals surface area contributed by atoms with E-state index in [0.29, 0.717) is 18.1 Å². The van der Waals surface area contributed by atoms with Crippen molar-refractivity contribution in [3.05, 3.63) is 95.3 Å². The lowest BCUT2D eigenvalue weighted by Gasteiger charge is -2.19. The van der Waals surface area contributed by atoms with Crippen molar-refractivity contribution in [3.8, 4) is 16.9 Å². The maximum Gasteiger partial charge on any atom is 0.299 e. The third kappa shape index (κ3) is 7.72. The number of sulfonamides is 1. The van der Waals surface area contributed by atoms with Gasteiger partial charge in [-0.15, -0.1) is 0 Å². The second-order valence-electron chi connectivity index (χ2n) is 10.3. The lowest BCUT2D eigenvalue weighted by Crippen LogP contribution is -2.45. The number of hydrogen-bond donors (Lipinski definition) is 2. The smallest absolute Gasteiger partial charge is 0.299 e. The van der Waals surface area contributed by atoms with Gasteiger partial charge in [0.05, 0.1) is 17.7 Å². The summed E-state index contributed by atoms with van der Waals surface area (Å²) in [6.07, 6.45) is 5.52. The molecule has 0 aliphatic carbocycles. The maximum atomic E-state index is 12.6. The number of thiazole rings is 1. The summed E-state index contributed by atoms with van der Waals surface area (Å²) in [6.45, 7) is 2.07. The molecule has 2 N–H and O–H groups in total. The van der Waals surface area contributed by atoms with Crippen LogP contribution >= 0.6 is 11.3 Å². The molecule has 0 unspecified atom stereocenters. The number of carbonyl (C=O) groups is 1. The standard InChI is InChI=1S/C31H31N3O7S3/c1-3-22(19-31-34(21-29(35)32-43(2,36)37)25-12-7-8-13-28(25)42-31)18-30-33(16-9-17-44(38,39)40)26-20-24(14-15-27(26)41-30)23-10-5-4-6-11-23/h4-8,10-15,18-20H,3,9,16-17,21H2,1-2H3,(H-,32,35,38,39,40)/p+1. The Bertz CT molecular complexity index is 1980. The molecule has 230 valence electrons. The molecule has 1 aromatic heterocycles. The molecule has 1 aliphatic rings. The first kappa shape index (κ1) is 31.4. The van der Waals surface area contributed by atoms with Crippen LogP contribution in [0.1, 0.15) is 24.8 Å². The molecule has 0 fully saturated rings. The van der Waals surface area contributed by atoms with Crippen molar-refractivity contribution < 1.29 is 35.5 Å².